The van der Waals surface area contributed by atoms with E-state index in [1.807, 2.05) is 13.0 Å². The highest BCUT2D eigenvalue weighted by molar-refractivity contribution is 14.1. The smallest absolute Gasteiger partial charge is 0.258 e. The second-order valence-corrected chi connectivity index (χ2v) is 5.04. The molecule has 2 aromatic rings. The van der Waals surface area contributed by atoms with E-state index in [-0.39, 0.29) is 5.56 Å². The van der Waals surface area contributed by atoms with Gasteiger partial charge in [-0.3, -0.25) is 4.79 Å². The fraction of sp³-hybridized carbons (Fsp3) is 0.0769. The van der Waals surface area contributed by atoms with Crippen LogP contribution in [0, 0.1) is 22.3 Å². The number of hydrogen-bond acceptors (Lipinski definition) is 2. The average Bonchev–Trinajstić information content (AvgIpc) is 2.37. The minimum absolute atomic E-state index is 0.372. The van der Waals surface area contributed by atoms with E-state index in [1.54, 1.807) is 12.1 Å². The maximum absolute atomic E-state index is 13.4. The lowest BCUT2D eigenvalue weighted by Gasteiger charge is -2.07. The Morgan fingerprint density at radius 2 is 2.05 bits per heavy atom. The molecule has 1 heterocycles. The maximum atomic E-state index is 13.4. The van der Waals surface area contributed by atoms with Crippen LogP contribution >= 0.6 is 22.6 Å². The van der Waals surface area contributed by atoms with Crippen LogP contribution in [0.4, 0.5) is 14.5 Å². The van der Waals surface area contributed by atoms with Crippen molar-refractivity contribution in [3.63, 3.8) is 0 Å². The second-order valence-electron chi connectivity index (χ2n) is 3.88. The van der Waals surface area contributed by atoms with Crippen LogP contribution in [0.25, 0.3) is 0 Å². The number of aryl methyl sites for hydroxylation is 1. The fourth-order valence-electron chi connectivity index (χ4n) is 1.46. The third-order valence-electron chi connectivity index (χ3n) is 2.52. The monoisotopic (exact) mass is 374 g/mol. The molecular formula is C13H9F2IN2O. The van der Waals surface area contributed by atoms with Crippen molar-refractivity contribution >= 4 is 34.2 Å². The first-order valence-corrected chi connectivity index (χ1v) is 6.44. The van der Waals surface area contributed by atoms with Gasteiger partial charge in [0, 0.05) is 15.5 Å². The van der Waals surface area contributed by atoms with Crippen molar-refractivity contribution in [1.29, 1.82) is 0 Å². The predicted octanol–water partition coefficient (Wildman–Crippen LogP) is 3.53. The number of nitrogens with zero attached hydrogens (tertiary/aromatic N) is 1. The lowest BCUT2D eigenvalue weighted by molar-refractivity contribution is 0.102. The van der Waals surface area contributed by atoms with Crippen LogP contribution in [-0.4, -0.2) is 10.9 Å². The Kier molecular flexibility index (Phi) is 4.08. The molecule has 98 valence electrons. The third-order valence-corrected chi connectivity index (χ3v) is 3.68. The summed E-state index contributed by atoms with van der Waals surface area (Å²) in [5.41, 5.74) is 1.22. The first-order valence-electron chi connectivity index (χ1n) is 5.36. The Bertz CT molecular complexity index is 647. The molecule has 0 bridgehead atoms. The van der Waals surface area contributed by atoms with Gasteiger partial charge >= 0.3 is 0 Å². The molecule has 0 aliphatic heterocycles. The predicted molar refractivity (Wildman–Crippen MR) is 76.0 cm³/mol. The van der Waals surface area contributed by atoms with E-state index in [2.05, 4.69) is 32.9 Å². The summed E-state index contributed by atoms with van der Waals surface area (Å²) in [5.74, 6) is -3.24. The van der Waals surface area contributed by atoms with Crippen LogP contribution in [0.15, 0.2) is 30.5 Å². The molecule has 0 radical (unpaired) electrons. The molecule has 0 aliphatic rings. The minimum Gasteiger partial charge on any atom is -0.322 e. The Balaban J connectivity index is 2.26. The normalized spacial score (nSPS) is 10.3. The molecule has 0 spiro atoms. The Labute approximate surface area is 122 Å². The minimum atomic E-state index is -1.29. The van der Waals surface area contributed by atoms with Gasteiger partial charge in [-0.05, 0) is 53.3 Å². The summed E-state index contributed by atoms with van der Waals surface area (Å²) in [5, 5.41) is 2.52. The zero-order valence-corrected chi connectivity index (χ0v) is 12.0. The molecule has 0 fully saturated rings. The summed E-state index contributed by atoms with van der Waals surface area (Å²) in [6.45, 7) is 1.94. The lowest BCUT2D eigenvalue weighted by Crippen LogP contribution is -2.15. The van der Waals surface area contributed by atoms with Crippen LogP contribution in [0.5, 0.6) is 0 Å². The number of halogens is 3. The van der Waals surface area contributed by atoms with E-state index >= 15 is 0 Å². The van der Waals surface area contributed by atoms with Gasteiger partial charge in [-0.25, -0.2) is 9.37 Å². The van der Waals surface area contributed by atoms with E-state index in [9.17, 15) is 13.6 Å². The van der Waals surface area contributed by atoms with E-state index in [0.717, 1.165) is 21.4 Å². The summed E-state index contributed by atoms with van der Waals surface area (Å²) in [6, 6.07) is 6.42. The summed E-state index contributed by atoms with van der Waals surface area (Å²) < 4.78 is 27.3. The lowest BCUT2D eigenvalue weighted by atomic mass is 10.2. The van der Waals surface area contributed by atoms with E-state index in [4.69, 9.17) is 0 Å². The summed E-state index contributed by atoms with van der Waals surface area (Å²) in [4.78, 5) is 15.0. The molecular weight excluding hydrogens is 365 g/mol. The van der Waals surface area contributed by atoms with E-state index in [1.165, 1.54) is 0 Å². The van der Waals surface area contributed by atoms with Crippen LogP contribution in [0.2, 0.25) is 0 Å². The van der Waals surface area contributed by atoms with Crippen LogP contribution < -0.4 is 5.32 Å². The number of hydrogen-bond donors (Lipinski definition) is 1. The molecule has 1 N–H and O–H groups in total. The number of pyridine rings is 1. The molecule has 3 nitrogen and oxygen atoms in total. The summed E-state index contributed by atoms with van der Waals surface area (Å²) in [7, 11) is 0. The highest BCUT2D eigenvalue weighted by Gasteiger charge is 2.16. The maximum Gasteiger partial charge on any atom is 0.258 e. The SMILES string of the molecule is Cc1ccc(NC(=O)c2ccnc(F)c2F)cc1I. The highest BCUT2D eigenvalue weighted by atomic mass is 127. The van der Waals surface area contributed by atoms with Crippen LogP contribution in [-0.2, 0) is 0 Å². The van der Waals surface area contributed by atoms with Gasteiger partial charge in [-0.15, -0.1) is 0 Å². The van der Waals surface area contributed by atoms with Crippen molar-refractivity contribution in [3.8, 4) is 0 Å². The summed E-state index contributed by atoms with van der Waals surface area (Å²) >= 11 is 2.13. The third kappa shape index (κ3) is 3.06. The van der Waals surface area contributed by atoms with Crippen molar-refractivity contribution < 1.29 is 13.6 Å². The van der Waals surface area contributed by atoms with Gasteiger partial charge in [0.25, 0.3) is 5.91 Å². The molecule has 0 aliphatic carbocycles. The molecule has 0 saturated heterocycles. The number of rotatable bonds is 2. The van der Waals surface area contributed by atoms with Crippen molar-refractivity contribution in [2.45, 2.75) is 6.92 Å². The Morgan fingerprint density at radius 1 is 1.32 bits per heavy atom. The van der Waals surface area contributed by atoms with Gasteiger partial charge in [0.1, 0.15) is 0 Å². The number of nitrogens with one attached hydrogen (secondary N) is 1. The number of carbonyl (C=O) groups is 1. The molecule has 1 amide bonds. The van der Waals surface area contributed by atoms with Crippen LogP contribution in [0.1, 0.15) is 15.9 Å². The van der Waals surface area contributed by atoms with E-state index in [0.29, 0.717) is 5.69 Å². The molecule has 19 heavy (non-hydrogen) atoms. The number of carbonyl (C=O) groups excluding carboxylic acids is 1. The molecule has 6 heteroatoms. The molecule has 0 atom stereocenters. The number of aromatic nitrogens is 1. The van der Waals surface area contributed by atoms with Gasteiger partial charge in [-0.1, -0.05) is 6.07 Å². The molecule has 0 unspecified atom stereocenters. The highest BCUT2D eigenvalue weighted by Crippen LogP contribution is 2.18. The van der Waals surface area contributed by atoms with Crippen LogP contribution in [0.3, 0.4) is 0 Å². The Hall–Kier alpha value is -1.57. The number of anilines is 1. The van der Waals surface area contributed by atoms with Gasteiger partial charge in [0.05, 0.1) is 5.56 Å². The van der Waals surface area contributed by atoms with Crippen molar-refractivity contribution in [2.24, 2.45) is 0 Å². The molecule has 1 aromatic carbocycles. The molecule has 1 aromatic heterocycles. The first-order chi connectivity index (χ1) is 8.99. The summed E-state index contributed by atoms with van der Waals surface area (Å²) in [6.07, 6.45) is 1.05. The first kappa shape index (κ1) is 13.9. The van der Waals surface area contributed by atoms with Crippen molar-refractivity contribution in [1.82, 2.24) is 4.98 Å². The van der Waals surface area contributed by atoms with Gasteiger partial charge in [0.15, 0.2) is 5.82 Å². The number of amides is 1. The molecule has 0 saturated carbocycles. The largest absolute Gasteiger partial charge is 0.322 e. The van der Waals surface area contributed by atoms with Crippen molar-refractivity contribution in [2.75, 3.05) is 5.32 Å². The molecule has 2 rings (SSSR count). The zero-order valence-electron chi connectivity index (χ0n) is 9.88. The topological polar surface area (TPSA) is 42.0 Å². The fourth-order valence-corrected chi connectivity index (χ4v) is 1.98. The average molecular weight is 374 g/mol. The second kappa shape index (κ2) is 5.60. The van der Waals surface area contributed by atoms with E-state index < -0.39 is 17.7 Å². The van der Waals surface area contributed by atoms with Gasteiger partial charge in [0.2, 0.25) is 5.95 Å². The zero-order chi connectivity index (χ0) is 14.0. The van der Waals surface area contributed by atoms with Gasteiger partial charge < -0.3 is 5.32 Å². The Morgan fingerprint density at radius 3 is 2.74 bits per heavy atom. The number of benzene rings is 1. The quantitative estimate of drug-likeness (QED) is 0.646. The van der Waals surface area contributed by atoms with Crippen molar-refractivity contribution in [3.05, 3.63) is 56.9 Å². The van der Waals surface area contributed by atoms with Gasteiger partial charge in [-0.2, -0.15) is 4.39 Å². The standard InChI is InChI=1S/C13H9F2IN2O/c1-7-2-3-8(6-10(7)16)18-13(19)9-4-5-17-12(15)11(9)14/h2-6H,1H3,(H,18,19).